The summed E-state index contributed by atoms with van der Waals surface area (Å²) in [5.74, 6) is 0.488. The molecule has 3 rings (SSSR count). The number of aryl methyl sites for hydroxylation is 2. The lowest BCUT2D eigenvalue weighted by Crippen LogP contribution is -2.12. The van der Waals surface area contributed by atoms with Crippen LogP contribution in [0.25, 0.3) is 11.5 Å². The van der Waals surface area contributed by atoms with E-state index in [1.165, 1.54) is 0 Å². The van der Waals surface area contributed by atoms with E-state index in [1.807, 2.05) is 32.0 Å². The molecular weight excluding hydrogens is 306 g/mol. The zero-order valence-electron chi connectivity index (χ0n) is 13.7. The number of benzene rings is 2. The maximum atomic E-state index is 12.3. The number of hydrogen-bond donors (Lipinski definition) is 1. The summed E-state index contributed by atoms with van der Waals surface area (Å²) < 4.78 is 10.6. The van der Waals surface area contributed by atoms with Crippen molar-refractivity contribution < 1.29 is 13.9 Å². The van der Waals surface area contributed by atoms with E-state index in [0.717, 1.165) is 16.9 Å². The Hall–Kier alpha value is -3.15. The molecule has 1 N–H and O–H groups in total. The highest BCUT2D eigenvalue weighted by Gasteiger charge is 2.16. The van der Waals surface area contributed by atoms with Gasteiger partial charge in [0.1, 0.15) is 5.75 Å². The Morgan fingerprint density at radius 2 is 1.71 bits per heavy atom. The zero-order valence-corrected chi connectivity index (χ0v) is 13.7. The molecule has 2 aromatic carbocycles. The van der Waals surface area contributed by atoms with Gasteiger partial charge in [0, 0.05) is 11.3 Å². The van der Waals surface area contributed by atoms with Crippen molar-refractivity contribution in [3.63, 3.8) is 0 Å². The van der Waals surface area contributed by atoms with Crippen LogP contribution in [-0.2, 0) is 0 Å². The third-order valence-electron chi connectivity index (χ3n) is 3.44. The molecule has 0 saturated heterocycles. The predicted octanol–water partition coefficient (Wildman–Crippen LogP) is 3.61. The molecule has 1 heterocycles. The quantitative estimate of drug-likeness (QED) is 0.793. The molecule has 0 aliphatic rings. The smallest absolute Gasteiger partial charge is 0.313 e. The van der Waals surface area contributed by atoms with Crippen molar-refractivity contribution in [3.05, 3.63) is 59.5 Å². The number of nitrogens with zero attached hydrogens (tertiary/aromatic N) is 2. The van der Waals surface area contributed by atoms with Crippen molar-refractivity contribution >= 4 is 11.6 Å². The molecule has 0 unspecified atom stereocenters. The van der Waals surface area contributed by atoms with E-state index < -0.39 is 5.91 Å². The van der Waals surface area contributed by atoms with Crippen LogP contribution in [0.2, 0.25) is 0 Å². The third kappa shape index (κ3) is 3.43. The van der Waals surface area contributed by atoms with Gasteiger partial charge in [-0.1, -0.05) is 6.07 Å². The molecule has 0 fully saturated rings. The van der Waals surface area contributed by atoms with Crippen LogP contribution in [-0.4, -0.2) is 23.2 Å². The molecule has 6 heteroatoms. The van der Waals surface area contributed by atoms with Crippen LogP contribution in [0.1, 0.15) is 21.8 Å². The fourth-order valence-electron chi connectivity index (χ4n) is 2.40. The molecule has 0 atom stereocenters. The highest BCUT2D eigenvalue weighted by atomic mass is 16.5. The van der Waals surface area contributed by atoms with Crippen molar-refractivity contribution in [1.82, 2.24) is 10.2 Å². The van der Waals surface area contributed by atoms with Crippen molar-refractivity contribution in [1.29, 1.82) is 0 Å². The summed E-state index contributed by atoms with van der Waals surface area (Å²) in [6.07, 6.45) is 0. The maximum Gasteiger partial charge on any atom is 0.313 e. The van der Waals surface area contributed by atoms with E-state index in [0.29, 0.717) is 11.3 Å². The summed E-state index contributed by atoms with van der Waals surface area (Å²) in [5, 5.41) is 10.5. The zero-order chi connectivity index (χ0) is 17.1. The molecule has 24 heavy (non-hydrogen) atoms. The first-order valence-corrected chi connectivity index (χ1v) is 7.43. The van der Waals surface area contributed by atoms with Crippen LogP contribution < -0.4 is 10.1 Å². The summed E-state index contributed by atoms with van der Waals surface area (Å²) >= 11 is 0. The second kappa shape index (κ2) is 6.54. The number of ether oxygens (including phenoxy) is 1. The van der Waals surface area contributed by atoms with Crippen molar-refractivity contribution in [3.8, 4) is 17.2 Å². The van der Waals surface area contributed by atoms with E-state index in [2.05, 4.69) is 15.5 Å². The van der Waals surface area contributed by atoms with Gasteiger partial charge in [0.2, 0.25) is 5.89 Å². The Labute approximate surface area is 139 Å². The fraction of sp³-hybridized carbons (Fsp3) is 0.167. The average Bonchev–Trinajstić information content (AvgIpc) is 3.04. The summed E-state index contributed by atoms with van der Waals surface area (Å²) in [6, 6.07) is 12.9. The van der Waals surface area contributed by atoms with Crippen LogP contribution in [0.15, 0.2) is 46.9 Å². The van der Waals surface area contributed by atoms with E-state index in [4.69, 9.17) is 9.15 Å². The highest BCUT2D eigenvalue weighted by molar-refractivity contribution is 6.01. The van der Waals surface area contributed by atoms with Gasteiger partial charge < -0.3 is 14.5 Å². The molecular formula is C18H17N3O3. The van der Waals surface area contributed by atoms with E-state index in [9.17, 15) is 4.79 Å². The van der Waals surface area contributed by atoms with Crippen LogP contribution in [0.5, 0.6) is 5.75 Å². The first-order valence-electron chi connectivity index (χ1n) is 7.43. The van der Waals surface area contributed by atoms with Crippen LogP contribution in [0.4, 0.5) is 5.69 Å². The lowest BCUT2D eigenvalue weighted by atomic mass is 10.1. The lowest BCUT2D eigenvalue weighted by molar-refractivity contribution is 0.0991. The van der Waals surface area contributed by atoms with E-state index >= 15 is 0 Å². The molecule has 0 aliphatic carbocycles. The van der Waals surface area contributed by atoms with Crippen LogP contribution in [0.3, 0.4) is 0 Å². The molecule has 122 valence electrons. The second-order valence-electron chi connectivity index (χ2n) is 5.47. The average molecular weight is 323 g/mol. The number of rotatable bonds is 4. The molecule has 0 spiro atoms. The standard InChI is InChI=1S/C18H17N3O3/c1-11-8-12(2)10-14(9-11)19-16(22)18-21-20-17(24-18)13-4-6-15(23-3)7-5-13/h4-10H,1-3H3,(H,19,22). The molecule has 0 bridgehead atoms. The summed E-state index contributed by atoms with van der Waals surface area (Å²) in [4.78, 5) is 12.3. The highest BCUT2D eigenvalue weighted by Crippen LogP contribution is 2.21. The number of aromatic nitrogens is 2. The van der Waals surface area contributed by atoms with Gasteiger partial charge in [-0.15, -0.1) is 10.2 Å². The normalized spacial score (nSPS) is 10.5. The number of carbonyl (C=O) groups is 1. The van der Waals surface area contributed by atoms with Gasteiger partial charge in [0.15, 0.2) is 0 Å². The predicted molar refractivity (Wildman–Crippen MR) is 90.2 cm³/mol. The molecule has 0 radical (unpaired) electrons. The first kappa shape index (κ1) is 15.7. The van der Waals surface area contributed by atoms with Gasteiger partial charge in [-0.25, -0.2) is 0 Å². The molecule has 6 nitrogen and oxygen atoms in total. The molecule has 3 aromatic rings. The van der Waals surface area contributed by atoms with E-state index in [-0.39, 0.29) is 11.8 Å². The van der Waals surface area contributed by atoms with Gasteiger partial charge in [0.05, 0.1) is 7.11 Å². The third-order valence-corrected chi connectivity index (χ3v) is 3.44. The minimum absolute atomic E-state index is 0.0834. The van der Waals surface area contributed by atoms with Crippen LogP contribution in [0, 0.1) is 13.8 Å². The minimum Gasteiger partial charge on any atom is -0.497 e. The Bertz CT molecular complexity index is 849. The van der Waals surface area contributed by atoms with Gasteiger partial charge in [-0.2, -0.15) is 0 Å². The molecule has 0 aliphatic heterocycles. The second-order valence-corrected chi connectivity index (χ2v) is 5.47. The van der Waals surface area contributed by atoms with Crippen molar-refractivity contribution in [2.24, 2.45) is 0 Å². The Morgan fingerprint density at radius 1 is 1.04 bits per heavy atom. The maximum absolute atomic E-state index is 12.3. The number of amides is 1. The Morgan fingerprint density at radius 3 is 2.33 bits per heavy atom. The van der Waals surface area contributed by atoms with Gasteiger partial charge in [-0.05, 0) is 61.4 Å². The monoisotopic (exact) mass is 323 g/mol. The van der Waals surface area contributed by atoms with Gasteiger partial charge >= 0.3 is 11.8 Å². The van der Waals surface area contributed by atoms with Gasteiger partial charge in [0.25, 0.3) is 0 Å². The minimum atomic E-state index is -0.438. The SMILES string of the molecule is COc1ccc(-c2nnc(C(=O)Nc3cc(C)cc(C)c3)o2)cc1. The van der Waals surface area contributed by atoms with Crippen molar-refractivity contribution in [2.45, 2.75) is 13.8 Å². The number of hydrogen-bond acceptors (Lipinski definition) is 5. The topological polar surface area (TPSA) is 77.2 Å². The molecule has 1 aromatic heterocycles. The Kier molecular flexibility index (Phi) is 4.29. The van der Waals surface area contributed by atoms with Crippen LogP contribution >= 0.6 is 0 Å². The molecule has 0 saturated carbocycles. The number of carbonyl (C=O) groups excluding carboxylic acids is 1. The fourth-order valence-corrected chi connectivity index (χ4v) is 2.40. The lowest BCUT2D eigenvalue weighted by Gasteiger charge is -2.05. The Balaban J connectivity index is 1.77. The number of anilines is 1. The summed E-state index contributed by atoms with van der Waals surface area (Å²) in [7, 11) is 1.59. The molecule has 1 amide bonds. The van der Waals surface area contributed by atoms with Crippen molar-refractivity contribution in [2.75, 3.05) is 12.4 Å². The summed E-state index contributed by atoms with van der Waals surface area (Å²) in [6.45, 7) is 3.94. The van der Waals surface area contributed by atoms with E-state index in [1.54, 1.807) is 31.4 Å². The first-order chi connectivity index (χ1) is 11.5. The largest absolute Gasteiger partial charge is 0.497 e. The van der Waals surface area contributed by atoms with Gasteiger partial charge in [-0.3, -0.25) is 4.79 Å². The summed E-state index contributed by atoms with van der Waals surface area (Å²) in [5.41, 5.74) is 3.54. The number of nitrogens with one attached hydrogen (secondary N) is 1. The number of methoxy groups -OCH3 is 1.